The first-order chi connectivity index (χ1) is 16.0. The molecule has 4 rings (SSSR count). The molecule has 1 amide bonds. The van der Waals surface area contributed by atoms with E-state index in [0.29, 0.717) is 38.9 Å². The molecule has 1 aromatic heterocycles. The molecule has 0 radical (unpaired) electrons. The van der Waals surface area contributed by atoms with Crippen LogP contribution in [0.3, 0.4) is 0 Å². The molecule has 33 heavy (non-hydrogen) atoms. The SMILES string of the molecule is COc1cc(NC(=O)CSc2nc3ccc(C)cc3c(=O)n2-c2ccccc2)cc(OC)c1. The summed E-state index contributed by atoms with van der Waals surface area (Å²) in [6.07, 6.45) is 0. The summed E-state index contributed by atoms with van der Waals surface area (Å²) in [6, 6.07) is 20.0. The molecule has 8 heteroatoms. The number of aryl methyl sites for hydroxylation is 1. The number of carbonyl (C=O) groups excluding carboxylic acids is 1. The van der Waals surface area contributed by atoms with Gasteiger partial charge in [0.1, 0.15) is 11.5 Å². The van der Waals surface area contributed by atoms with Crippen LogP contribution in [0.15, 0.2) is 76.7 Å². The minimum absolute atomic E-state index is 0.0656. The van der Waals surface area contributed by atoms with E-state index in [9.17, 15) is 9.59 Å². The van der Waals surface area contributed by atoms with E-state index in [2.05, 4.69) is 5.32 Å². The van der Waals surface area contributed by atoms with Crippen LogP contribution in [0.4, 0.5) is 5.69 Å². The molecule has 0 saturated heterocycles. The molecule has 0 atom stereocenters. The number of fused-ring (bicyclic) bond motifs is 1. The van der Waals surface area contributed by atoms with Crippen molar-refractivity contribution in [3.63, 3.8) is 0 Å². The lowest BCUT2D eigenvalue weighted by atomic mass is 10.1. The molecule has 7 nitrogen and oxygen atoms in total. The summed E-state index contributed by atoms with van der Waals surface area (Å²) in [5.41, 5.74) is 2.65. The van der Waals surface area contributed by atoms with Crippen molar-refractivity contribution in [2.75, 3.05) is 25.3 Å². The van der Waals surface area contributed by atoms with Gasteiger partial charge in [-0.15, -0.1) is 0 Å². The van der Waals surface area contributed by atoms with E-state index in [0.717, 1.165) is 5.56 Å². The second-order valence-corrected chi connectivity index (χ2v) is 8.27. The summed E-state index contributed by atoms with van der Waals surface area (Å²) < 4.78 is 12.1. The van der Waals surface area contributed by atoms with Crippen LogP contribution in [-0.2, 0) is 4.79 Å². The molecule has 0 unspecified atom stereocenters. The number of hydrogen-bond acceptors (Lipinski definition) is 6. The zero-order valence-corrected chi connectivity index (χ0v) is 19.3. The molecule has 0 saturated carbocycles. The van der Waals surface area contributed by atoms with Gasteiger partial charge in [-0.05, 0) is 31.2 Å². The number of carbonyl (C=O) groups is 1. The first-order valence-corrected chi connectivity index (χ1v) is 11.2. The van der Waals surface area contributed by atoms with Gasteiger partial charge in [-0.2, -0.15) is 0 Å². The smallest absolute Gasteiger partial charge is 0.266 e. The van der Waals surface area contributed by atoms with Crippen molar-refractivity contribution in [2.24, 2.45) is 0 Å². The van der Waals surface area contributed by atoms with Crippen molar-refractivity contribution in [1.82, 2.24) is 9.55 Å². The van der Waals surface area contributed by atoms with E-state index in [-0.39, 0.29) is 17.2 Å². The molecular weight excluding hydrogens is 438 g/mol. The lowest BCUT2D eigenvalue weighted by Gasteiger charge is -2.14. The topological polar surface area (TPSA) is 82.5 Å². The molecule has 4 aromatic rings. The lowest BCUT2D eigenvalue weighted by Crippen LogP contribution is -2.23. The summed E-state index contributed by atoms with van der Waals surface area (Å²) >= 11 is 1.20. The Balaban J connectivity index is 1.64. The lowest BCUT2D eigenvalue weighted by molar-refractivity contribution is -0.113. The third-order valence-corrected chi connectivity index (χ3v) is 5.91. The van der Waals surface area contributed by atoms with Crippen molar-refractivity contribution in [3.05, 3.63) is 82.6 Å². The highest BCUT2D eigenvalue weighted by molar-refractivity contribution is 7.99. The zero-order valence-electron chi connectivity index (χ0n) is 18.5. The zero-order chi connectivity index (χ0) is 23.4. The molecule has 0 aliphatic heterocycles. The monoisotopic (exact) mass is 461 g/mol. The predicted octanol–water partition coefficient (Wildman–Crippen LogP) is 4.44. The summed E-state index contributed by atoms with van der Waals surface area (Å²) in [5, 5.41) is 3.83. The summed E-state index contributed by atoms with van der Waals surface area (Å²) in [6.45, 7) is 1.94. The normalized spacial score (nSPS) is 10.8. The number of aromatic nitrogens is 2. The number of ether oxygens (including phenoxy) is 2. The van der Waals surface area contributed by atoms with Gasteiger partial charge in [-0.25, -0.2) is 4.98 Å². The number of benzene rings is 3. The number of hydrogen-bond donors (Lipinski definition) is 1. The number of rotatable bonds is 7. The van der Waals surface area contributed by atoms with Gasteiger partial charge >= 0.3 is 0 Å². The summed E-state index contributed by atoms with van der Waals surface area (Å²) in [7, 11) is 3.10. The highest BCUT2D eigenvalue weighted by atomic mass is 32.2. The molecule has 0 spiro atoms. The maximum atomic E-state index is 13.4. The first-order valence-electron chi connectivity index (χ1n) is 10.2. The summed E-state index contributed by atoms with van der Waals surface area (Å²) in [5.74, 6) is 0.965. The van der Waals surface area contributed by atoms with E-state index in [4.69, 9.17) is 14.5 Å². The Morgan fingerprint density at radius 3 is 2.36 bits per heavy atom. The highest BCUT2D eigenvalue weighted by Crippen LogP contribution is 2.27. The van der Waals surface area contributed by atoms with Crippen molar-refractivity contribution >= 4 is 34.3 Å². The van der Waals surface area contributed by atoms with Crippen LogP contribution in [0.5, 0.6) is 11.5 Å². The standard InChI is InChI=1S/C25H23N3O4S/c1-16-9-10-22-21(11-16)24(30)28(18-7-5-4-6-8-18)25(27-22)33-15-23(29)26-17-12-19(31-2)14-20(13-17)32-3/h4-14H,15H2,1-3H3,(H,26,29). The number of amides is 1. The maximum absolute atomic E-state index is 13.4. The van der Waals surface area contributed by atoms with Gasteiger partial charge in [-0.3, -0.25) is 14.2 Å². The number of para-hydroxylation sites is 1. The molecule has 3 aromatic carbocycles. The Morgan fingerprint density at radius 2 is 1.70 bits per heavy atom. The largest absolute Gasteiger partial charge is 0.497 e. The maximum Gasteiger partial charge on any atom is 0.266 e. The van der Waals surface area contributed by atoms with Crippen LogP contribution < -0.4 is 20.3 Å². The summed E-state index contributed by atoms with van der Waals surface area (Å²) in [4.78, 5) is 30.8. The highest BCUT2D eigenvalue weighted by Gasteiger charge is 2.15. The molecule has 0 aliphatic rings. The predicted molar refractivity (Wildman–Crippen MR) is 131 cm³/mol. The second kappa shape index (κ2) is 9.79. The van der Waals surface area contributed by atoms with Gasteiger partial charge < -0.3 is 14.8 Å². The molecule has 0 aliphatic carbocycles. The van der Waals surface area contributed by atoms with E-state index in [1.54, 1.807) is 37.0 Å². The van der Waals surface area contributed by atoms with Crippen molar-refractivity contribution in [3.8, 4) is 17.2 Å². The molecular formula is C25H23N3O4S. The van der Waals surface area contributed by atoms with Crippen molar-refractivity contribution in [2.45, 2.75) is 12.1 Å². The second-order valence-electron chi connectivity index (χ2n) is 7.33. The number of methoxy groups -OCH3 is 2. The van der Waals surface area contributed by atoms with Crippen LogP contribution in [0.1, 0.15) is 5.56 Å². The van der Waals surface area contributed by atoms with E-state index in [1.165, 1.54) is 11.8 Å². The number of anilines is 1. The van der Waals surface area contributed by atoms with Crippen LogP contribution in [0.2, 0.25) is 0 Å². The van der Waals surface area contributed by atoms with E-state index in [1.807, 2.05) is 55.5 Å². The molecule has 1 N–H and O–H groups in total. The third-order valence-electron chi connectivity index (χ3n) is 4.97. The van der Waals surface area contributed by atoms with Crippen LogP contribution in [0, 0.1) is 6.92 Å². The van der Waals surface area contributed by atoms with Crippen LogP contribution in [0.25, 0.3) is 16.6 Å². The number of thioether (sulfide) groups is 1. The number of nitrogens with one attached hydrogen (secondary N) is 1. The Labute approximate surface area is 195 Å². The van der Waals surface area contributed by atoms with E-state index >= 15 is 0 Å². The van der Waals surface area contributed by atoms with Crippen LogP contribution in [-0.4, -0.2) is 35.4 Å². The van der Waals surface area contributed by atoms with Gasteiger partial charge in [-0.1, -0.05) is 41.6 Å². The molecule has 0 bridgehead atoms. The van der Waals surface area contributed by atoms with Gasteiger partial charge in [0.25, 0.3) is 5.56 Å². The average Bonchev–Trinajstić information content (AvgIpc) is 2.83. The Kier molecular flexibility index (Phi) is 6.65. The minimum atomic E-state index is -0.242. The fourth-order valence-electron chi connectivity index (χ4n) is 3.39. The van der Waals surface area contributed by atoms with Gasteiger partial charge in [0.05, 0.1) is 36.6 Å². The van der Waals surface area contributed by atoms with Crippen molar-refractivity contribution < 1.29 is 14.3 Å². The first kappa shape index (κ1) is 22.4. The van der Waals surface area contributed by atoms with Gasteiger partial charge in [0, 0.05) is 23.9 Å². The minimum Gasteiger partial charge on any atom is -0.497 e. The van der Waals surface area contributed by atoms with Gasteiger partial charge in [0.15, 0.2) is 5.16 Å². The quantitative estimate of drug-likeness (QED) is 0.324. The molecule has 1 heterocycles. The van der Waals surface area contributed by atoms with Gasteiger partial charge in [0.2, 0.25) is 5.91 Å². The fraction of sp³-hybridized carbons (Fsp3) is 0.160. The Bertz CT molecular complexity index is 1350. The molecule has 0 fully saturated rings. The Morgan fingerprint density at radius 1 is 1.00 bits per heavy atom. The third kappa shape index (κ3) is 5.01. The van der Waals surface area contributed by atoms with E-state index < -0.39 is 0 Å². The number of nitrogens with zero attached hydrogens (tertiary/aromatic N) is 2. The van der Waals surface area contributed by atoms with Crippen molar-refractivity contribution in [1.29, 1.82) is 0 Å². The molecule has 168 valence electrons. The Hall–Kier alpha value is -3.78. The fourth-order valence-corrected chi connectivity index (χ4v) is 4.20. The van der Waals surface area contributed by atoms with Crippen LogP contribution >= 0.6 is 11.8 Å². The average molecular weight is 462 g/mol.